The average Bonchev–Trinajstić information content (AvgIpc) is 2.29. The minimum absolute atomic E-state index is 0.150. The van der Waals surface area contributed by atoms with Gasteiger partial charge in [-0.05, 0) is 18.1 Å². The van der Waals surface area contributed by atoms with Gasteiger partial charge in [-0.25, -0.2) is 0 Å². The van der Waals surface area contributed by atoms with E-state index in [0.717, 1.165) is 0 Å². The van der Waals surface area contributed by atoms with Crippen LogP contribution in [0.15, 0.2) is 18.3 Å². The minimum atomic E-state index is -0.511. The Morgan fingerprint density at radius 1 is 1.33 bits per heavy atom. The molecule has 4 nitrogen and oxygen atoms in total. The van der Waals surface area contributed by atoms with Crippen molar-refractivity contribution < 1.29 is 9.59 Å². The Balaban J connectivity index is 2.80. The van der Waals surface area contributed by atoms with E-state index in [1.165, 1.54) is 6.20 Å². The molecule has 0 unspecified atom stereocenters. The van der Waals surface area contributed by atoms with Gasteiger partial charge in [0.15, 0.2) is 0 Å². The van der Waals surface area contributed by atoms with Crippen LogP contribution in [0.25, 0.3) is 0 Å². The van der Waals surface area contributed by atoms with Gasteiger partial charge in [-0.3, -0.25) is 14.6 Å². The average molecular weight is 248 g/mol. The van der Waals surface area contributed by atoms with Gasteiger partial charge in [-0.2, -0.15) is 0 Å². The maximum atomic E-state index is 12.2. The second-order valence-corrected chi connectivity index (χ2v) is 5.38. The van der Waals surface area contributed by atoms with Crippen LogP contribution in [0.1, 0.15) is 43.7 Å². The number of nitrogens with zero attached hydrogens (tertiary/aromatic N) is 1. The Kier molecular flexibility index (Phi) is 4.22. The molecule has 0 atom stereocenters. The number of primary amides is 1. The first-order chi connectivity index (χ1) is 8.25. The summed E-state index contributed by atoms with van der Waals surface area (Å²) in [5.41, 5.74) is 5.78. The zero-order chi connectivity index (χ0) is 13.9. The largest absolute Gasteiger partial charge is 0.366 e. The molecule has 0 saturated carbocycles. The molecule has 98 valence electrons. The molecule has 0 bridgehead atoms. The first-order valence-electron chi connectivity index (χ1n) is 6.03. The molecule has 1 amide bonds. The second kappa shape index (κ2) is 5.29. The maximum Gasteiger partial charge on any atom is 0.250 e. The fraction of sp³-hybridized carbons (Fsp3) is 0.500. The van der Waals surface area contributed by atoms with Crippen molar-refractivity contribution in [3.05, 3.63) is 29.6 Å². The van der Waals surface area contributed by atoms with Gasteiger partial charge in [0.1, 0.15) is 5.78 Å². The monoisotopic (exact) mass is 248 g/mol. The Morgan fingerprint density at radius 2 is 1.94 bits per heavy atom. The summed E-state index contributed by atoms with van der Waals surface area (Å²) in [6, 6.07) is 3.27. The lowest BCUT2D eigenvalue weighted by molar-refractivity contribution is -0.128. The number of hydrogen-bond acceptors (Lipinski definition) is 3. The number of pyridine rings is 1. The zero-order valence-corrected chi connectivity index (χ0v) is 11.4. The Morgan fingerprint density at radius 3 is 2.33 bits per heavy atom. The number of rotatable bonds is 5. The summed E-state index contributed by atoms with van der Waals surface area (Å²) in [4.78, 5) is 27.2. The molecule has 2 N–H and O–H groups in total. The Hall–Kier alpha value is -1.71. The van der Waals surface area contributed by atoms with Crippen LogP contribution < -0.4 is 5.73 Å². The molecule has 1 aromatic heterocycles. The SMILES string of the molecule is CC(C)C(C)(C)C(=O)Cc1ccc(C(N)=O)cn1. The fourth-order valence-electron chi connectivity index (χ4n) is 1.39. The van der Waals surface area contributed by atoms with Gasteiger partial charge in [0.05, 0.1) is 5.56 Å². The predicted octanol–water partition coefficient (Wildman–Crippen LogP) is 1.97. The van der Waals surface area contributed by atoms with Gasteiger partial charge in [-0.1, -0.05) is 27.7 Å². The van der Waals surface area contributed by atoms with Crippen LogP contribution in [0.5, 0.6) is 0 Å². The molecule has 4 heteroatoms. The summed E-state index contributed by atoms with van der Waals surface area (Å²) in [6.45, 7) is 7.94. The summed E-state index contributed by atoms with van der Waals surface area (Å²) in [6.07, 6.45) is 1.69. The smallest absolute Gasteiger partial charge is 0.250 e. The standard InChI is InChI=1S/C14H20N2O2/c1-9(2)14(3,4)12(17)7-11-6-5-10(8-16-11)13(15)18/h5-6,8-9H,7H2,1-4H3,(H2,15,18). The molecule has 1 aromatic rings. The third-order valence-corrected chi connectivity index (χ3v) is 3.61. The lowest BCUT2D eigenvalue weighted by Gasteiger charge is -2.27. The molecule has 0 aliphatic heterocycles. The third-order valence-electron chi connectivity index (χ3n) is 3.61. The van der Waals surface area contributed by atoms with Crippen molar-refractivity contribution in [1.82, 2.24) is 4.98 Å². The molecule has 1 rings (SSSR count). The van der Waals surface area contributed by atoms with E-state index in [9.17, 15) is 9.59 Å². The first-order valence-corrected chi connectivity index (χ1v) is 6.03. The van der Waals surface area contributed by atoms with Crippen molar-refractivity contribution in [1.29, 1.82) is 0 Å². The molecule has 0 aliphatic rings. The van der Waals surface area contributed by atoms with Crippen LogP contribution >= 0.6 is 0 Å². The summed E-state index contributed by atoms with van der Waals surface area (Å²) < 4.78 is 0. The van der Waals surface area contributed by atoms with Gasteiger partial charge >= 0.3 is 0 Å². The predicted molar refractivity (Wildman–Crippen MR) is 70.1 cm³/mol. The zero-order valence-electron chi connectivity index (χ0n) is 11.4. The van der Waals surface area contributed by atoms with E-state index in [1.54, 1.807) is 12.1 Å². The van der Waals surface area contributed by atoms with E-state index in [-0.39, 0.29) is 23.5 Å². The van der Waals surface area contributed by atoms with Crippen molar-refractivity contribution in [3.8, 4) is 0 Å². The van der Waals surface area contributed by atoms with Crippen LogP contribution in [0.4, 0.5) is 0 Å². The molecule has 0 radical (unpaired) electrons. The summed E-state index contributed by atoms with van der Waals surface area (Å²) >= 11 is 0. The number of aromatic nitrogens is 1. The van der Waals surface area contributed by atoms with Crippen molar-refractivity contribution in [3.63, 3.8) is 0 Å². The van der Waals surface area contributed by atoms with E-state index in [4.69, 9.17) is 5.73 Å². The highest BCUT2D eigenvalue weighted by Crippen LogP contribution is 2.28. The van der Waals surface area contributed by atoms with Gasteiger partial charge in [0.2, 0.25) is 5.91 Å². The topological polar surface area (TPSA) is 73.1 Å². The molecular weight excluding hydrogens is 228 g/mol. The van der Waals surface area contributed by atoms with Gasteiger partial charge in [0, 0.05) is 23.7 Å². The molecule has 0 fully saturated rings. The summed E-state index contributed by atoms with van der Waals surface area (Å²) in [5.74, 6) is -0.0883. The van der Waals surface area contributed by atoms with Gasteiger partial charge < -0.3 is 5.73 Å². The van der Waals surface area contributed by atoms with Crippen molar-refractivity contribution in [2.75, 3.05) is 0 Å². The fourth-order valence-corrected chi connectivity index (χ4v) is 1.39. The lowest BCUT2D eigenvalue weighted by Crippen LogP contribution is -2.31. The van der Waals surface area contributed by atoms with Gasteiger partial charge in [0.25, 0.3) is 0 Å². The number of nitrogens with two attached hydrogens (primary N) is 1. The number of ketones is 1. The van der Waals surface area contributed by atoms with Crippen LogP contribution in [-0.2, 0) is 11.2 Å². The van der Waals surface area contributed by atoms with E-state index in [2.05, 4.69) is 4.98 Å². The minimum Gasteiger partial charge on any atom is -0.366 e. The van der Waals surface area contributed by atoms with Gasteiger partial charge in [-0.15, -0.1) is 0 Å². The molecule has 0 aliphatic carbocycles. The first kappa shape index (κ1) is 14.4. The molecule has 18 heavy (non-hydrogen) atoms. The number of carbonyl (C=O) groups excluding carboxylic acids is 2. The highest BCUT2D eigenvalue weighted by atomic mass is 16.1. The lowest BCUT2D eigenvalue weighted by atomic mass is 9.76. The van der Waals surface area contributed by atoms with E-state index < -0.39 is 5.91 Å². The quantitative estimate of drug-likeness (QED) is 0.865. The summed E-state index contributed by atoms with van der Waals surface area (Å²) in [7, 11) is 0. The Bertz CT molecular complexity index is 447. The highest BCUT2D eigenvalue weighted by molar-refractivity contribution is 5.92. The van der Waals surface area contributed by atoms with Crippen LogP contribution in [0, 0.1) is 11.3 Å². The molecule has 0 saturated heterocycles. The van der Waals surface area contributed by atoms with Crippen molar-refractivity contribution in [2.24, 2.45) is 17.1 Å². The molecule has 1 heterocycles. The van der Waals surface area contributed by atoms with Crippen LogP contribution in [0.2, 0.25) is 0 Å². The van der Waals surface area contributed by atoms with E-state index >= 15 is 0 Å². The van der Waals surface area contributed by atoms with Crippen molar-refractivity contribution in [2.45, 2.75) is 34.1 Å². The normalized spacial score (nSPS) is 11.6. The van der Waals surface area contributed by atoms with E-state index in [0.29, 0.717) is 11.3 Å². The Labute approximate surface area is 108 Å². The van der Waals surface area contributed by atoms with Crippen LogP contribution in [-0.4, -0.2) is 16.7 Å². The van der Waals surface area contributed by atoms with E-state index in [1.807, 2.05) is 27.7 Å². The number of amides is 1. The van der Waals surface area contributed by atoms with Crippen molar-refractivity contribution >= 4 is 11.7 Å². The second-order valence-electron chi connectivity index (χ2n) is 5.38. The maximum absolute atomic E-state index is 12.2. The van der Waals surface area contributed by atoms with Crippen LogP contribution in [0.3, 0.4) is 0 Å². The molecular formula is C14H20N2O2. The number of carbonyl (C=O) groups is 2. The summed E-state index contributed by atoms with van der Waals surface area (Å²) in [5, 5.41) is 0. The number of hydrogen-bond donors (Lipinski definition) is 1. The highest BCUT2D eigenvalue weighted by Gasteiger charge is 2.30. The molecule has 0 spiro atoms. The molecule has 0 aromatic carbocycles. The third kappa shape index (κ3) is 3.15. The number of Topliss-reactive ketones (excluding diaryl/α,β-unsaturated/α-hetero) is 1.